The summed E-state index contributed by atoms with van der Waals surface area (Å²) in [5, 5.41) is 2.14. The highest BCUT2D eigenvalue weighted by Gasteiger charge is 2.16. The van der Waals surface area contributed by atoms with Crippen LogP contribution in [-0.4, -0.2) is 29.9 Å². The molecule has 0 amide bonds. The molecule has 0 aliphatic rings. The van der Waals surface area contributed by atoms with Gasteiger partial charge in [0.25, 0.3) is 0 Å². The van der Waals surface area contributed by atoms with E-state index in [1.165, 1.54) is 0 Å². The molecule has 4 aromatic heterocycles. The Morgan fingerprint density at radius 3 is 2.54 bits per heavy atom. The quantitative estimate of drug-likeness (QED) is 0.551. The van der Waals surface area contributed by atoms with Gasteiger partial charge in [-0.3, -0.25) is 0 Å². The lowest BCUT2D eigenvalue weighted by molar-refractivity contribution is 0.736. The van der Waals surface area contributed by atoms with Gasteiger partial charge in [0, 0.05) is 18.3 Å². The van der Waals surface area contributed by atoms with E-state index < -0.39 is 0 Å². The van der Waals surface area contributed by atoms with Crippen molar-refractivity contribution in [3.63, 3.8) is 0 Å². The number of fused-ring (bicyclic) bond motifs is 2. The molecule has 0 aliphatic carbocycles. The second-order valence-electron chi connectivity index (χ2n) is 6.07. The van der Waals surface area contributed by atoms with Gasteiger partial charge in [-0.05, 0) is 0 Å². The Labute approximate surface area is 147 Å². The minimum atomic E-state index is 0.258. The van der Waals surface area contributed by atoms with E-state index in [1.807, 2.05) is 6.20 Å². The smallest absolute Gasteiger partial charge is 0.189 e. The zero-order chi connectivity index (χ0) is 16.7. The normalized spacial score (nSPS) is 13.2. The molecular weight excluding hydrogens is 340 g/mol. The Kier molecular flexibility index (Phi) is 3.93. The fourth-order valence-corrected chi connectivity index (χ4v) is 4.28. The van der Waals surface area contributed by atoms with E-state index in [2.05, 4.69) is 45.7 Å². The molecule has 4 aromatic rings. The van der Waals surface area contributed by atoms with Gasteiger partial charge < -0.3 is 0 Å². The van der Waals surface area contributed by atoms with Crippen LogP contribution in [0.15, 0.2) is 18.7 Å². The monoisotopic (exact) mass is 356 g/mol. The lowest BCUT2D eigenvalue weighted by Crippen LogP contribution is -2.00. The maximum atomic E-state index is 4.74. The summed E-state index contributed by atoms with van der Waals surface area (Å²) < 4.78 is 0. The Balaban J connectivity index is 1.60. The maximum absolute atomic E-state index is 4.74. The van der Waals surface area contributed by atoms with Crippen molar-refractivity contribution in [2.45, 2.75) is 39.0 Å². The number of hydrogen-bond donors (Lipinski definition) is 0. The van der Waals surface area contributed by atoms with Crippen LogP contribution in [0.2, 0.25) is 0 Å². The topological polar surface area (TPSA) is 77.3 Å². The van der Waals surface area contributed by atoms with E-state index in [9.17, 15) is 0 Å². The highest BCUT2D eigenvalue weighted by Crippen LogP contribution is 2.29. The molecule has 4 heterocycles. The van der Waals surface area contributed by atoms with E-state index in [1.54, 1.807) is 35.2 Å². The van der Waals surface area contributed by atoms with Crippen LogP contribution in [0.1, 0.15) is 48.3 Å². The molecule has 0 saturated heterocycles. The zero-order valence-corrected chi connectivity index (χ0v) is 15.2. The number of aromatic nitrogens is 6. The lowest BCUT2D eigenvalue weighted by atomic mass is 10.1. The predicted molar refractivity (Wildman–Crippen MR) is 96.6 cm³/mol. The standard InChI is InChI=1S/C16H16N6S2/c1-8(2)13-22-12-16(23-13)20-10(5-18-12)4-9(3)14-21-11-6-17-7-19-15(11)24-14/h5-9H,4H2,1-3H3. The van der Waals surface area contributed by atoms with Crippen LogP contribution < -0.4 is 0 Å². The first kappa shape index (κ1) is 15.5. The van der Waals surface area contributed by atoms with E-state index >= 15 is 0 Å². The third-order valence-corrected chi connectivity index (χ3v) is 6.16. The zero-order valence-electron chi connectivity index (χ0n) is 13.6. The highest BCUT2D eigenvalue weighted by atomic mass is 32.1. The lowest BCUT2D eigenvalue weighted by Gasteiger charge is -2.06. The third-order valence-electron chi connectivity index (χ3n) is 3.71. The van der Waals surface area contributed by atoms with Crippen LogP contribution in [-0.2, 0) is 6.42 Å². The first-order valence-electron chi connectivity index (χ1n) is 7.79. The molecule has 1 atom stereocenters. The third kappa shape index (κ3) is 2.87. The molecule has 4 rings (SSSR count). The fraction of sp³-hybridized carbons (Fsp3) is 0.375. The largest absolute Gasteiger partial charge is 0.242 e. The van der Waals surface area contributed by atoms with E-state index in [0.29, 0.717) is 5.92 Å². The number of thiazole rings is 2. The molecule has 0 aromatic carbocycles. The summed E-state index contributed by atoms with van der Waals surface area (Å²) in [6.07, 6.45) is 5.94. The summed E-state index contributed by atoms with van der Waals surface area (Å²) in [5.41, 5.74) is 2.57. The number of nitrogens with zero attached hydrogens (tertiary/aromatic N) is 6. The van der Waals surface area contributed by atoms with Crippen LogP contribution in [0, 0.1) is 0 Å². The van der Waals surface area contributed by atoms with Crippen molar-refractivity contribution >= 4 is 43.5 Å². The Morgan fingerprint density at radius 1 is 0.917 bits per heavy atom. The maximum Gasteiger partial charge on any atom is 0.189 e. The Bertz CT molecular complexity index is 973. The van der Waals surface area contributed by atoms with Gasteiger partial charge in [0.05, 0.1) is 28.1 Å². The first-order valence-corrected chi connectivity index (χ1v) is 9.42. The minimum Gasteiger partial charge on any atom is -0.242 e. The van der Waals surface area contributed by atoms with Gasteiger partial charge >= 0.3 is 0 Å². The van der Waals surface area contributed by atoms with Crippen molar-refractivity contribution in [3.8, 4) is 0 Å². The van der Waals surface area contributed by atoms with Gasteiger partial charge in [-0.1, -0.05) is 43.4 Å². The van der Waals surface area contributed by atoms with Crippen molar-refractivity contribution in [3.05, 3.63) is 34.4 Å². The molecule has 0 fully saturated rings. The average molecular weight is 356 g/mol. The molecule has 122 valence electrons. The second kappa shape index (κ2) is 6.10. The van der Waals surface area contributed by atoms with Gasteiger partial charge in [-0.25, -0.2) is 29.9 Å². The van der Waals surface area contributed by atoms with Crippen LogP contribution in [0.25, 0.3) is 20.8 Å². The summed E-state index contributed by atoms with van der Waals surface area (Å²) in [4.78, 5) is 28.5. The van der Waals surface area contributed by atoms with Crippen LogP contribution >= 0.6 is 22.7 Å². The molecule has 6 nitrogen and oxygen atoms in total. The second-order valence-corrected chi connectivity index (χ2v) is 8.09. The van der Waals surface area contributed by atoms with Gasteiger partial charge in [0.1, 0.15) is 16.7 Å². The molecule has 0 bridgehead atoms. The molecule has 0 spiro atoms. The summed E-state index contributed by atoms with van der Waals surface area (Å²) in [6.45, 7) is 6.43. The summed E-state index contributed by atoms with van der Waals surface area (Å²) in [7, 11) is 0. The molecule has 8 heteroatoms. The van der Waals surface area contributed by atoms with Gasteiger partial charge in [-0.15, -0.1) is 0 Å². The number of rotatable bonds is 4. The molecule has 0 radical (unpaired) electrons. The Hall–Kier alpha value is -2.06. The van der Waals surface area contributed by atoms with Crippen LogP contribution in [0.4, 0.5) is 0 Å². The first-order chi connectivity index (χ1) is 11.6. The van der Waals surface area contributed by atoms with Crippen LogP contribution in [0.5, 0.6) is 0 Å². The summed E-state index contributed by atoms with van der Waals surface area (Å²) in [5.74, 6) is 0.658. The Morgan fingerprint density at radius 2 is 1.75 bits per heavy atom. The van der Waals surface area contributed by atoms with Crippen molar-refractivity contribution in [2.75, 3.05) is 0 Å². The van der Waals surface area contributed by atoms with E-state index in [0.717, 1.165) is 43.0 Å². The molecule has 0 N–H and O–H groups in total. The SMILES string of the molecule is CC(C)c1nc2ncc(CC(C)c3nc4cncnc4s3)nc2s1. The molecular formula is C16H16N6S2. The predicted octanol–water partition coefficient (Wildman–Crippen LogP) is 3.96. The van der Waals surface area contributed by atoms with E-state index in [-0.39, 0.29) is 5.92 Å². The van der Waals surface area contributed by atoms with Gasteiger partial charge in [0.2, 0.25) is 0 Å². The van der Waals surface area contributed by atoms with Crippen molar-refractivity contribution in [1.82, 2.24) is 29.9 Å². The molecule has 1 unspecified atom stereocenters. The average Bonchev–Trinajstić information content (AvgIpc) is 3.18. The fourth-order valence-electron chi connectivity index (χ4n) is 2.44. The van der Waals surface area contributed by atoms with Crippen molar-refractivity contribution in [1.29, 1.82) is 0 Å². The van der Waals surface area contributed by atoms with Gasteiger partial charge in [0.15, 0.2) is 10.5 Å². The minimum absolute atomic E-state index is 0.258. The molecule has 0 saturated carbocycles. The summed E-state index contributed by atoms with van der Waals surface area (Å²) >= 11 is 3.25. The van der Waals surface area contributed by atoms with Gasteiger partial charge in [-0.2, -0.15) is 0 Å². The van der Waals surface area contributed by atoms with E-state index in [4.69, 9.17) is 4.98 Å². The summed E-state index contributed by atoms with van der Waals surface area (Å²) in [6, 6.07) is 0. The van der Waals surface area contributed by atoms with Crippen LogP contribution in [0.3, 0.4) is 0 Å². The molecule has 24 heavy (non-hydrogen) atoms. The number of hydrogen-bond acceptors (Lipinski definition) is 8. The van der Waals surface area contributed by atoms with Crippen molar-refractivity contribution < 1.29 is 0 Å². The van der Waals surface area contributed by atoms with Crippen molar-refractivity contribution in [2.24, 2.45) is 0 Å². The highest BCUT2D eigenvalue weighted by molar-refractivity contribution is 7.18. The molecule has 0 aliphatic heterocycles.